The van der Waals surface area contributed by atoms with E-state index >= 15 is 0 Å². The predicted molar refractivity (Wildman–Crippen MR) is 92.6 cm³/mol. The van der Waals surface area contributed by atoms with Crippen LogP contribution in [-0.4, -0.2) is 37.0 Å². The molecule has 0 spiro atoms. The number of amides is 1. The molecule has 2 saturated heterocycles. The van der Waals surface area contributed by atoms with Gasteiger partial charge in [0.25, 0.3) is 5.91 Å². The summed E-state index contributed by atoms with van der Waals surface area (Å²) in [5.41, 5.74) is 2.78. The van der Waals surface area contributed by atoms with E-state index in [1.165, 1.54) is 0 Å². The molecule has 2 atom stereocenters. The first-order valence-corrected chi connectivity index (χ1v) is 8.45. The highest BCUT2D eigenvalue weighted by atomic mass is 35.5. The third-order valence-corrected chi connectivity index (χ3v) is 5.24. The summed E-state index contributed by atoms with van der Waals surface area (Å²) in [5, 5.41) is 4.12. The number of rotatable bonds is 2. The Hall–Kier alpha value is -1.84. The Morgan fingerprint density at radius 3 is 2.35 bits per heavy atom. The Bertz CT molecular complexity index is 716. The second kappa shape index (κ2) is 5.99. The van der Waals surface area contributed by atoms with Crippen LogP contribution in [-0.2, 0) is 0 Å². The summed E-state index contributed by atoms with van der Waals surface area (Å²) in [6.07, 6.45) is 0. The molecule has 2 aliphatic rings. The molecule has 118 valence electrons. The number of nitrogens with zero attached hydrogens (tertiary/aromatic N) is 1. The predicted octanol–water partition coefficient (Wildman–Crippen LogP) is 3.30. The maximum atomic E-state index is 13.0. The van der Waals surface area contributed by atoms with Gasteiger partial charge < -0.3 is 10.2 Å². The van der Waals surface area contributed by atoms with Gasteiger partial charge in [0.05, 0.1) is 0 Å². The van der Waals surface area contributed by atoms with E-state index in [0.717, 1.165) is 42.9 Å². The highest BCUT2D eigenvalue weighted by Gasteiger charge is 2.38. The van der Waals surface area contributed by atoms with Gasteiger partial charge in [-0.3, -0.25) is 4.79 Å². The van der Waals surface area contributed by atoms with Crippen LogP contribution in [0.3, 0.4) is 0 Å². The maximum Gasteiger partial charge on any atom is 0.254 e. The van der Waals surface area contributed by atoms with Crippen molar-refractivity contribution < 1.29 is 4.79 Å². The van der Waals surface area contributed by atoms with Crippen molar-refractivity contribution in [3.63, 3.8) is 0 Å². The Labute approximate surface area is 141 Å². The van der Waals surface area contributed by atoms with Crippen molar-refractivity contribution in [3.05, 3.63) is 59.1 Å². The first kappa shape index (κ1) is 14.7. The lowest BCUT2D eigenvalue weighted by Crippen LogP contribution is -2.32. The van der Waals surface area contributed by atoms with Crippen LogP contribution < -0.4 is 5.32 Å². The van der Waals surface area contributed by atoms with Crippen molar-refractivity contribution in [3.8, 4) is 11.1 Å². The zero-order valence-electron chi connectivity index (χ0n) is 12.8. The van der Waals surface area contributed by atoms with Crippen LogP contribution in [0.1, 0.15) is 10.4 Å². The minimum atomic E-state index is 0.143. The largest absolute Gasteiger partial charge is 0.338 e. The highest BCUT2D eigenvalue weighted by Crippen LogP contribution is 2.30. The molecule has 2 fully saturated rings. The maximum absolute atomic E-state index is 13.0. The van der Waals surface area contributed by atoms with Gasteiger partial charge in [-0.2, -0.15) is 0 Å². The summed E-state index contributed by atoms with van der Waals surface area (Å²) in [7, 11) is 0. The monoisotopic (exact) mass is 326 g/mol. The number of hydrogen-bond donors (Lipinski definition) is 1. The molecule has 0 bridgehead atoms. The van der Waals surface area contributed by atoms with E-state index in [1.54, 1.807) is 0 Å². The van der Waals surface area contributed by atoms with Crippen LogP contribution in [0, 0.1) is 11.8 Å². The minimum Gasteiger partial charge on any atom is -0.338 e. The molecule has 2 unspecified atom stereocenters. The third kappa shape index (κ3) is 2.75. The van der Waals surface area contributed by atoms with E-state index in [9.17, 15) is 4.79 Å². The Kier molecular flexibility index (Phi) is 3.83. The molecule has 0 radical (unpaired) electrons. The number of nitrogens with one attached hydrogen (secondary N) is 1. The summed E-state index contributed by atoms with van der Waals surface area (Å²) < 4.78 is 0. The zero-order valence-corrected chi connectivity index (χ0v) is 13.6. The topological polar surface area (TPSA) is 32.3 Å². The van der Waals surface area contributed by atoms with Crippen molar-refractivity contribution in [1.82, 2.24) is 10.2 Å². The normalized spacial score (nSPS) is 23.1. The van der Waals surface area contributed by atoms with Gasteiger partial charge in [-0.05, 0) is 41.2 Å². The molecule has 0 saturated carbocycles. The van der Waals surface area contributed by atoms with E-state index in [2.05, 4.69) is 5.32 Å². The van der Waals surface area contributed by atoms with E-state index in [0.29, 0.717) is 16.9 Å². The van der Waals surface area contributed by atoms with E-state index in [4.69, 9.17) is 11.6 Å². The molecule has 1 amide bonds. The van der Waals surface area contributed by atoms with Gasteiger partial charge in [0, 0.05) is 36.8 Å². The van der Waals surface area contributed by atoms with E-state index in [1.807, 2.05) is 53.4 Å². The minimum absolute atomic E-state index is 0.143. The number of fused-ring (bicyclic) bond motifs is 1. The average Bonchev–Trinajstić information content (AvgIpc) is 3.17. The second-order valence-electron chi connectivity index (χ2n) is 6.44. The third-order valence-electron chi connectivity index (χ3n) is 4.99. The smallest absolute Gasteiger partial charge is 0.254 e. The van der Waals surface area contributed by atoms with Crippen molar-refractivity contribution in [1.29, 1.82) is 0 Å². The van der Waals surface area contributed by atoms with Crippen LogP contribution in [0.2, 0.25) is 5.02 Å². The van der Waals surface area contributed by atoms with Gasteiger partial charge in [-0.1, -0.05) is 41.9 Å². The fourth-order valence-electron chi connectivity index (χ4n) is 3.74. The molecule has 2 aliphatic heterocycles. The first-order valence-electron chi connectivity index (χ1n) is 8.07. The summed E-state index contributed by atoms with van der Waals surface area (Å²) in [6, 6.07) is 15.5. The average molecular weight is 327 g/mol. The zero-order chi connectivity index (χ0) is 15.8. The van der Waals surface area contributed by atoms with Crippen molar-refractivity contribution in [2.75, 3.05) is 26.2 Å². The number of halogens is 1. The van der Waals surface area contributed by atoms with Crippen LogP contribution in [0.5, 0.6) is 0 Å². The van der Waals surface area contributed by atoms with Gasteiger partial charge in [-0.25, -0.2) is 0 Å². The number of likely N-dealkylation sites (tertiary alicyclic amines) is 1. The molecule has 4 rings (SSSR count). The molecule has 0 aromatic heterocycles. The van der Waals surface area contributed by atoms with Crippen LogP contribution in [0.25, 0.3) is 11.1 Å². The first-order chi connectivity index (χ1) is 11.2. The molecule has 4 heteroatoms. The van der Waals surface area contributed by atoms with Crippen molar-refractivity contribution in [2.24, 2.45) is 11.8 Å². The summed E-state index contributed by atoms with van der Waals surface area (Å²) in [5.74, 6) is 1.37. The van der Waals surface area contributed by atoms with Crippen molar-refractivity contribution in [2.45, 2.75) is 0 Å². The lowest BCUT2D eigenvalue weighted by atomic mass is 9.99. The summed E-state index contributed by atoms with van der Waals surface area (Å²) >= 11 is 5.98. The van der Waals surface area contributed by atoms with Gasteiger partial charge in [0.15, 0.2) is 0 Å². The Morgan fingerprint density at radius 1 is 1.00 bits per heavy atom. The van der Waals surface area contributed by atoms with E-state index in [-0.39, 0.29) is 5.91 Å². The molecule has 0 aliphatic carbocycles. The van der Waals surface area contributed by atoms with Gasteiger partial charge in [-0.15, -0.1) is 0 Å². The number of carbonyl (C=O) groups excluding carboxylic acids is 1. The van der Waals surface area contributed by atoms with Gasteiger partial charge in [0.2, 0.25) is 0 Å². The SMILES string of the molecule is O=C(c1ccccc1-c1ccc(Cl)cc1)N1CC2CNCC2C1. The molecular formula is C19H19ClN2O. The molecule has 3 nitrogen and oxygen atoms in total. The van der Waals surface area contributed by atoms with E-state index < -0.39 is 0 Å². The van der Waals surface area contributed by atoms with Crippen molar-refractivity contribution >= 4 is 17.5 Å². The van der Waals surface area contributed by atoms with Gasteiger partial charge in [0.1, 0.15) is 0 Å². The second-order valence-corrected chi connectivity index (χ2v) is 6.88. The molecule has 2 aromatic rings. The van der Waals surface area contributed by atoms with Gasteiger partial charge >= 0.3 is 0 Å². The molecule has 1 N–H and O–H groups in total. The lowest BCUT2D eigenvalue weighted by Gasteiger charge is -2.19. The quantitative estimate of drug-likeness (QED) is 0.918. The summed E-state index contributed by atoms with van der Waals surface area (Å²) in [4.78, 5) is 15.0. The molecular weight excluding hydrogens is 308 g/mol. The molecule has 2 heterocycles. The fourth-order valence-corrected chi connectivity index (χ4v) is 3.87. The van der Waals surface area contributed by atoms with Crippen LogP contribution in [0.4, 0.5) is 0 Å². The Morgan fingerprint density at radius 2 is 1.65 bits per heavy atom. The standard InChI is InChI=1S/C19H19ClN2O/c20-16-7-5-13(6-8-16)17-3-1-2-4-18(17)19(23)22-11-14-9-21-10-15(14)12-22/h1-8,14-15,21H,9-12H2. The molecule has 23 heavy (non-hydrogen) atoms. The number of benzene rings is 2. The number of hydrogen-bond acceptors (Lipinski definition) is 2. The Balaban J connectivity index is 1.64. The number of carbonyl (C=O) groups is 1. The molecule has 2 aromatic carbocycles. The fraction of sp³-hybridized carbons (Fsp3) is 0.316. The summed E-state index contributed by atoms with van der Waals surface area (Å²) in [6.45, 7) is 3.80. The van der Waals surface area contributed by atoms with Crippen LogP contribution in [0.15, 0.2) is 48.5 Å². The lowest BCUT2D eigenvalue weighted by molar-refractivity contribution is 0.0782. The van der Waals surface area contributed by atoms with Crippen LogP contribution >= 0.6 is 11.6 Å². The highest BCUT2D eigenvalue weighted by molar-refractivity contribution is 6.30.